The van der Waals surface area contributed by atoms with Crippen molar-refractivity contribution in [3.63, 3.8) is 0 Å². The van der Waals surface area contributed by atoms with E-state index in [0.717, 1.165) is 0 Å². The van der Waals surface area contributed by atoms with Crippen LogP contribution in [0.15, 0.2) is 59.1 Å². The predicted octanol–water partition coefficient (Wildman–Crippen LogP) is 1.70. The van der Waals surface area contributed by atoms with Gasteiger partial charge in [0, 0.05) is 13.1 Å². The van der Waals surface area contributed by atoms with E-state index in [0.29, 0.717) is 35.9 Å². The van der Waals surface area contributed by atoms with E-state index >= 15 is 0 Å². The third-order valence-electron chi connectivity index (χ3n) is 2.05. The summed E-state index contributed by atoms with van der Waals surface area (Å²) in [4.78, 5) is 9.18. The molecule has 0 saturated carbocycles. The van der Waals surface area contributed by atoms with Gasteiger partial charge in [0.15, 0.2) is 0 Å². The predicted molar refractivity (Wildman–Crippen MR) is 71.4 cm³/mol. The molecule has 0 amide bonds. The Morgan fingerprint density at radius 2 is 1.31 bits per heavy atom. The first-order valence-corrected chi connectivity index (χ1v) is 4.67. The van der Waals surface area contributed by atoms with Crippen molar-refractivity contribution in [1.82, 2.24) is 4.90 Å². The Balaban J connectivity index is 5.00. The third-order valence-corrected chi connectivity index (χ3v) is 2.05. The van der Waals surface area contributed by atoms with Crippen LogP contribution in [-0.2, 0) is 0 Å². The van der Waals surface area contributed by atoms with Crippen molar-refractivity contribution >= 4 is 13.4 Å². The highest BCUT2D eigenvalue weighted by atomic mass is 15.2. The third kappa shape index (κ3) is 3.33. The molecule has 0 aromatic carbocycles. The van der Waals surface area contributed by atoms with Gasteiger partial charge in [0.1, 0.15) is 0 Å². The molecule has 0 aromatic heterocycles. The van der Waals surface area contributed by atoms with E-state index in [1.165, 1.54) is 0 Å². The van der Waals surface area contributed by atoms with Crippen LogP contribution in [0.3, 0.4) is 0 Å². The topological polar surface area (TPSA) is 54.0 Å². The molecular weight excluding hydrogens is 200 g/mol. The van der Waals surface area contributed by atoms with Gasteiger partial charge in [-0.15, -0.1) is 0 Å². The van der Waals surface area contributed by atoms with Gasteiger partial charge in [-0.25, -0.2) is 0 Å². The number of nitrogens with zero attached hydrogens (tertiary/aromatic N) is 3. The van der Waals surface area contributed by atoms with Crippen LogP contribution in [0.5, 0.6) is 0 Å². The summed E-state index contributed by atoms with van der Waals surface area (Å²) < 4.78 is 0. The van der Waals surface area contributed by atoms with Gasteiger partial charge in [-0.1, -0.05) is 26.3 Å². The fraction of sp³-hybridized carbons (Fsp3) is 0.167. The molecule has 0 spiro atoms. The average molecular weight is 218 g/mol. The molecule has 16 heavy (non-hydrogen) atoms. The van der Waals surface area contributed by atoms with Gasteiger partial charge >= 0.3 is 0 Å². The van der Waals surface area contributed by atoms with E-state index in [4.69, 9.17) is 5.73 Å². The summed E-state index contributed by atoms with van der Waals surface area (Å²) in [6.45, 7) is 22.9. The molecule has 0 aliphatic heterocycles. The van der Waals surface area contributed by atoms with Gasteiger partial charge in [-0.05, 0) is 13.4 Å². The van der Waals surface area contributed by atoms with Gasteiger partial charge in [0.2, 0.25) is 0 Å². The maximum absolute atomic E-state index is 5.51. The Morgan fingerprint density at radius 3 is 1.56 bits per heavy atom. The minimum atomic E-state index is 0.437. The van der Waals surface area contributed by atoms with E-state index in [9.17, 15) is 0 Å². The Morgan fingerprint density at radius 1 is 0.938 bits per heavy atom. The van der Waals surface area contributed by atoms with Gasteiger partial charge in [0.25, 0.3) is 0 Å². The van der Waals surface area contributed by atoms with Crippen molar-refractivity contribution in [1.29, 1.82) is 0 Å². The maximum Gasteiger partial charge on any atom is 0.0781 e. The van der Waals surface area contributed by atoms with E-state index in [2.05, 4.69) is 49.7 Å². The molecule has 0 fully saturated rings. The molecule has 0 atom stereocenters. The van der Waals surface area contributed by atoms with E-state index in [1.54, 1.807) is 4.90 Å². The molecule has 0 radical (unpaired) electrons. The minimum Gasteiger partial charge on any atom is -0.338 e. The smallest absolute Gasteiger partial charge is 0.0781 e. The molecule has 86 valence electrons. The lowest BCUT2D eigenvalue weighted by Gasteiger charge is -2.27. The van der Waals surface area contributed by atoms with Crippen molar-refractivity contribution in [2.24, 2.45) is 15.7 Å². The molecular formula is C12H18N4. The van der Waals surface area contributed by atoms with Crippen LogP contribution in [-0.4, -0.2) is 31.4 Å². The summed E-state index contributed by atoms with van der Waals surface area (Å²) in [5, 5.41) is 0. The second-order valence-corrected chi connectivity index (χ2v) is 3.04. The van der Waals surface area contributed by atoms with Gasteiger partial charge in [-0.2, -0.15) is 0 Å². The zero-order valence-electron chi connectivity index (χ0n) is 9.58. The van der Waals surface area contributed by atoms with Crippen molar-refractivity contribution in [2.45, 2.75) is 0 Å². The molecule has 0 saturated heterocycles. The standard InChI is InChI=1S/C12H18N4/c1-9(14-5)11(3)16(8-7-13)12(4)10(2)15-6/h1-8,13H2. The molecule has 0 aromatic rings. The maximum atomic E-state index is 5.51. The first-order chi connectivity index (χ1) is 7.49. The Kier molecular flexibility index (Phi) is 5.74. The molecule has 0 rings (SSSR count). The summed E-state index contributed by atoms with van der Waals surface area (Å²) in [6.07, 6.45) is 0. The van der Waals surface area contributed by atoms with Crippen molar-refractivity contribution in [3.05, 3.63) is 49.1 Å². The van der Waals surface area contributed by atoms with Crippen molar-refractivity contribution in [2.75, 3.05) is 13.1 Å². The van der Waals surface area contributed by atoms with Crippen molar-refractivity contribution < 1.29 is 0 Å². The SMILES string of the molecule is C=NC(=C)C(=C)N(CCN)C(=C)C(=C)N=C. The molecule has 4 heteroatoms. The number of nitrogens with two attached hydrogens (primary N) is 1. The van der Waals surface area contributed by atoms with Crippen LogP contribution >= 0.6 is 0 Å². The lowest BCUT2D eigenvalue weighted by molar-refractivity contribution is 0.453. The first kappa shape index (κ1) is 14.1. The lowest BCUT2D eigenvalue weighted by atomic mass is 10.2. The van der Waals surface area contributed by atoms with E-state index < -0.39 is 0 Å². The summed E-state index contributed by atoms with van der Waals surface area (Å²) in [5.74, 6) is 0. The molecule has 0 bridgehead atoms. The quantitative estimate of drug-likeness (QED) is 0.498. The number of aliphatic imine (C=N–C) groups is 2. The number of hydrogen-bond donors (Lipinski definition) is 1. The molecule has 0 aliphatic carbocycles. The van der Waals surface area contributed by atoms with Crippen LogP contribution < -0.4 is 5.73 Å². The monoisotopic (exact) mass is 218 g/mol. The van der Waals surface area contributed by atoms with Crippen LogP contribution in [0, 0.1) is 0 Å². The second-order valence-electron chi connectivity index (χ2n) is 3.04. The molecule has 4 nitrogen and oxygen atoms in total. The largest absolute Gasteiger partial charge is 0.338 e. The average Bonchev–Trinajstić information content (AvgIpc) is 2.32. The van der Waals surface area contributed by atoms with Gasteiger partial charge < -0.3 is 10.6 Å². The van der Waals surface area contributed by atoms with Crippen LogP contribution in [0.25, 0.3) is 0 Å². The summed E-state index contributed by atoms with van der Waals surface area (Å²) >= 11 is 0. The van der Waals surface area contributed by atoms with Crippen LogP contribution in [0.1, 0.15) is 0 Å². The molecule has 0 aliphatic rings. The molecule has 0 unspecified atom stereocenters. The van der Waals surface area contributed by atoms with E-state index in [1.807, 2.05) is 0 Å². The molecule has 0 heterocycles. The Hall–Kier alpha value is -1.94. The summed E-state index contributed by atoms with van der Waals surface area (Å²) in [5.41, 5.74) is 7.60. The summed E-state index contributed by atoms with van der Waals surface area (Å²) in [7, 11) is 0. The summed E-state index contributed by atoms with van der Waals surface area (Å²) in [6, 6.07) is 0. The Bertz CT molecular complexity index is 320. The highest BCUT2D eigenvalue weighted by Crippen LogP contribution is 2.21. The van der Waals surface area contributed by atoms with Gasteiger partial charge in [0.05, 0.1) is 22.8 Å². The zero-order valence-corrected chi connectivity index (χ0v) is 9.58. The minimum absolute atomic E-state index is 0.437. The number of hydrogen-bond acceptors (Lipinski definition) is 4. The van der Waals surface area contributed by atoms with Gasteiger partial charge in [-0.3, -0.25) is 9.98 Å². The first-order valence-electron chi connectivity index (χ1n) is 4.67. The highest BCUT2D eigenvalue weighted by Gasteiger charge is 2.14. The van der Waals surface area contributed by atoms with E-state index in [-0.39, 0.29) is 0 Å². The molecule has 2 N–H and O–H groups in total. The second kappa shape index (κ2) is 6.53. The normalized spacial score (nSPS) is 9.06. The fourth-order valence-corrected chi connectivity index (χ4v) is 1.06. The lowest BCUT2D eigenvalue weighted by Crippen LogP contribution is -2.28. The Labute approximate surface area is 96.9 Å². The zero-order chi connectivity index (χ0) is 12.7. The highest BCUT2D eigenvalue weighted by molar-refractivity contribution is 5.41. The number of rotatable bonds is 8. The van der Waals surface area contributed by atoms with Crippen molar-refractivity contribution in [3.8, 4) is 0 Å². The van der Waals surface area contributed by atoms with Crippen LogP contribution in [0.2, 0.25) is 0 Å². The fourth-order valence-electron chi connectivity index (χ4n) is 1.06. The van der Waals surface area contributed by atoms with Crippen LogP contribution in [0.4, 0.5) is 0 Å².